The number of benzene rings is 1. The summed E-state index contributed by atoms with van der Waals surface area (Å²) in [7, 11) is 0. The van der Waals surface area contributed by atoms with Crippen molar-refractivity contribution in [1.29, 1.82) is 0 Å². The largest absolute Gasteiger partial charge is 0.506 e. The summed E-state index contributed by atoms with van der Waals surface area (Å²) in [5.41, 5.74) is 0.672. The zero-order valence-electron chi connectivity index (χ0n) is 10.4. The van der Waals surface area contributed by atoms with Crippen LogP contribution >= 0.6 is 15.9 Å². The van der Waals surface area contributed by atoms with E-state index in [9.17, 15) is 9.50 Å². The van der Waals surface area contributed by atoms with E-state index in [0.29, 0.717) is 10.0 Å². The summed E-state index contributed by atoms with van der Waals surface area (Å²) in [6.45, 7) is 5.78. The molecule has 3 nitrogen and oxygen atoms in total. The van der Waals surface area contributed by atoms with E-state index in [1.807, 2.05) is 0 Å². The summed E-state index contributed by atoms with van der Waals surface area (Å²) >= 11 is 3.20. The molecule has 18 heavy (non-hydrogen) atoms. The molecule has 1 aliphatic rings. The first-order chi connectivity index (χ1) is 8.63. The lowest BCUT2D eigenvalue weighted by molar-refractivity contribution is 0.166. The molecular weight excluding hydrogens is 299 g/mol. The van der Waals surface area contributed by atoms with Crippen molar-refractivity contribution in [1.82, 2.24) is 10.2 Å². The van der Waals surface area contributed by atoms with Crippen LogP contribution in [-0.2, 0) is 0 Å². The van der Waals surface area contributed by atoms with Gasteiger partial charge in [-0.05, 0) is 34.5 Å². The number of halogens is 2. The molecule has 1 aromatic carbocycles. The fourth-order valence-electron chi connectivity index (χ4n) is 2.51. The first-order valence-electron chi connectivity index (χ1n) is 6.26. The summed E-state index contributed by atoms with van der Waals surface area (Å²) < 4.78 is 13.9. The van der Waals surface area contributed by atoms with Crippen molar-refractivity contribution in [3.8, 4) is 5.75 Å². The van der Waals surface area contributed by atoms with E-state index < -0.39 is 0 Å². The molecule has 100 valence electrons. The van der Waals surface area contributed by atoms with Crippen LogP contribution in [0, 0.1) is 5.82 Å². The zero-order chi connectivity index (χ0) is 13.1. The molecule has 2 N–H and O–H groups in total. The number of hydrogen-bond donors (Lipinski definition) is 2. The molecular formula is C13H18BrFN2O. The van der Waals surface area contributed by atoms with E-state index >= 15 is 0 Å². The normalized spacial score (nSPS) is 18.8. The lowest BCUT2D eigenvalue weighted by Crippen LogP contribution is -2.45. The molecule has 0 spiro atoms. The first-order valence-corrected chi connectivity index (χ1v) is 7.05. The Bertz CT molecular complexity index is 422. The van der Waals surface area contributed by atoms with Crippen LogP contribution in [0.4, 0.5) is 4.39 Å². The van der Waals surface area contributed by atoms with Crippen molar-refractivity contribution < 1.29 is 9.50 Å². The van der Waals surface area contributed by atoms with Gasteiger partial charge in [0.15, 0.2) is 0 Å². The Kier molecular flexibility index (Phi) is 4.59. The van der Waals surface area contributed by atoms with E-state index in [-0.39, 0.29) is 17.6 Å². The highest BCUT2D eigenvalue weighted by molar-refractivity contribution is 9.10. The Labute approximate surface area is 115 Å². The predicted octanol–water partition coefficient (Wildman–Crippen LogP) is 2.65. The lowest BCUT2D eigenvalue weighted by Gasteiger charge is -2.35. The van der Waals surface area contributed by atoms with Crippen LogP contribution in [0.2, 0.25) is 0 Å². The zero-order valence-corrected chi connectivity index (χ0v) is 12.0. The topological polar surface area (TPSA) is 35.5 Å². The van der Waals surface area contributed by atoms with E-state index in [1.54, 1.807) is 0 Å². The van der Waals surface area contributed by atoms with Crippen molar-refractivity contribution in [3.05, 3.63) is 28.0 Å². The van der Waals surface area contributed by atoms with Gasteiger partial charge in [0.1, 0.15) is 11.6 Å². The summed E-state index contributed by atoms with van der Waals surface area (Å²) in [6, 6.07) is 2.80. The van der Waals surface area contributed by atoms with E-state index in [0.717, 1.165) is 32.6 Å². The molecule has 0 bridgehead atoms. The van der Waals surface area contributed by atoms with Gasteiger partial charge in [0.2, 0.25) is 0 Å². The van der Waals surface area contributed by atoms with Gasteiger partial charge in [-0.2, -0.15) is 0 Å². The van der Waals surface area contributed by atoms with Crippen LogP contribution in [0.5, 0.6) is 5.75 Å². The first kappa shape index (κ1) is 13.8. The average Bonchev–Trinajstić information content (AvgIpc) is 2.37. The van der Waals surface area contributed by atoms with Crippen molar-refractivity contribution >= 4 is 15.9 Å². The van der Waals surface area contributed by atoms with Crippen molar-refractivity contribution in [2.75, 3.05) is 26.2 Å². The van der Waals surface area contributed by atoms with Crippen LogP contribution in [-0.4, -0.2) is 36.2 Å². The minimum absolute atomic E-state index is 0.0686. The van der Waals surface area contributed by atoms with Gasteiger partial charge < -0.3 is 10.4 Å². The van der Waals surface area contributed by atoms with Gasteiger partial charge in [-0.25, -0.2) is 4.39 Å². The third-order valence-electron chi connectivity index (χ3n) is 3.40. The Hall–Kier alpha value is -0.650. The lowest BCUT2D eigenvalue weighted by atomic mass is 10.0. The van der Waals surface area contributed by atoms with Crippen LogP contribution in [0.1, 0.15) is 24.9 Å². The number of hydrogen-bond acceptors (Lipinski definition) is 3. The molecule has 0 aromatic heterocycles. The highest BCUT2D eigenvalue weighted by atomic mass is 79.9. The minimum atomic E-state index is -0.316. The minimum Gasteiger partial charge on any atom is -0.506 e. The smallest absolute Gasteiger partial charge is 0.134 e. The maximum atomic E-state index is 13.5. The van der Waals surface area contributed by atoms with Crippen molar-refractivity contribution in [2.45, 2.75) is 19.4 Å². The number of piperazine rings is 1. The Balaban J connectivity index is 2.31. The van der Waals surface area contributed by atoms with Crippen LogP contribution in [0.25, 0.3) is 0 Å². The summed E-state index contributed by atoms with van der Waals surface area (Å²) in [6.07, 6.45) is 0.851. The molecule has 5 heteroatoms. The van der Waals surface area contributed by atoms with Gasteiger partial charge in [-0.15, -0.1) is 0 Å². The molecule has 0 radical (unpaired) electrons. The Morgan fingerprint density at radius 2 is 2.11 bits per heavy atom. The highest BCUT2D eigenvalue weighted by Crippen LogP contribution is 2.37. The van der Waals surface area contributed by atoms with Gasteiger partial charge in [0.05, 0.1) is 4.47 Å². The van der Waals surface area contributed by atoms with E-state index in [2.05, 4.69) is 33.1 Å². The quantitative estimate of drug-likeness (QED) is 0.900. The monoisotopic (exact) mass is 316 g/mol. The number of nitrogens with zero attached hydrogens (tertiary/aromatic N) is 1. The molecule has 1 saturated heterocycles. The molecule has 1 fully saturated rings. The maximum absolute atomic E-state index is 13.5. The average molecular weight is 317 g/mol. The fraction of sp³-hybridized carbons (Fsp3) is 0.538. The van der Waals surface area contributed by atoms with Crippen LogP contribution < -0.4 is 5.32 Å². The van der Waals surface area contributed by atoms with E-state index in [4.69, 9.17) is 0 Å². The number of rotatable bonds is 3. The molecule has 0 aliphatic carbocycles. The van der Waals surface area contributed by atoms with Gasteiger partial charge in [0, 0.05) is 37.8 Å². The summed E-state index contributed by atoms with van der Waals surface area (Å²) in [4.78, 5) is 2.29. The van der Waals surface area contributed by atoms with Crippen LogP contribution in [0.3, 0.4) is 0 Å². The second kappa shape index (κ2) is 5.99. The molecule has 0 saturated carbocycles. The molecule has 1 aromatic rings. The highest BCUT2D eigenvalue weighted by Gasteiger charge is 2.24. The number of phenolic OH excluding ortho intramolecular Hbond substituents is 1. The van der Waals surface area contributed by atoms with E-state index in [1.165, 1.54) is 12.1 Å². The molecule has 1 atom stereocenters. The third kappa shape index (κ3) is 2.84. The fourth-order valence-corrected chi connectivity index (χ4v) is 2.96. The number of aromatic hydroxyl groups is 1. The summed E-state index contributed by atoms with van der Waals surface area (Å²) in [5.74, 6) is -0.162. The number of nitrogens with one attached hydrogen (secondary N) is 1. The standard InChI is InChI=1S/C13H18BrFN2O/c1-2-12(17-5-3-16-4-6-17)10-7-9(15)8-11(14)13(10)18/h7-8,12,16,18H,2-6H2,1H3/t12-/m0/s1. The van der Waals surface area contributed by atoms with Gasteiger partial charge in [-0.3, -0.25) is 4.90 Å². The molecule has 1 aliphatic heterocycles. The third-order valence-corrected chi connectivity index (χ3v) is 4.00. The maximum Gasteiger partial charge on any atom is 0.134 e. The van der Waals surface area contributed by atoms with Gasteiger partial charge in [-0.1, -0.05) is 6.92 Å². The predicted molar refractivity (Wildman–Crippen MR) is 73.2 cm³/mol. The van der Waals surface area contributed by atoms with Crippen molar-refractivity contribution in [3.63, 3.8) is 0 Å². The van der Waals surface area contributed by atoms with Gasteiger partial charge >= 0.3 is 0 Å². The number of phenols is 1. The van der Waals surface area contributed by atoms with Crippen molar-refractivity contribution in [2.24, 2.45) is 0 Å². The SMILES string of the molecule is CC[C@@H](c1cc(F)cc(Br)c1O)N1CCNCC1. The molecule has 2 rings (SSSR count). The van der Waals surface area contributed by atoms with Gasteiger partial charge in [0.25, 0.3) is 0 Å². The molecule has 0 amide bonds. The van der Waals surface area contributed by atoms with Crippen LogP contribution in [0.15, 0.2) is 16.6 Å². The Morgan fingerprint density at radius 3 is 2.72 bits per heavy atom. The molecule has 1 heterocycles. The second-order valence-electron chi connectivity index (χ2n) is 4.54. The Morgan fingerprint density at radius 1 is 1.44 bits per heavy atom. The second-order valence-corrected chi connectivity index (χ2v) is 5.39. The molecule has 0 unspecified atom stereocenters. The summed E-state index contributed by atoms with van der Waals surface area (Å²) in [5, 5.41) is 13.4.